The first kappa shape index (κ1) is 17.3. The molecule has 1 aromatic heterocycles. The van der Waals surface area contributed by atoms with Crippen LogP contribution in [0.15, 0.2) is 52.1 Å². The lowest BCUT2D eigenvalue weighted by atomic mass is 10.2. The third-order valence-electron chi connectivity index (χ3n) is 3.70. The highest BCUT2D eigenvalue weighted by Crippen LogP contribution is 2.22. The summed E-state index contributed by atoms with van der Waals surface area (Å²) in [5.74, 6) is -0.441. The first-order valence-electron chi connectivity index (χ1n) is 7.31. The Bertz CT molecular complexity index is 1080. The molecule has 1 amide bonds. The SMILES string of the molecule is Cn1c(=O)c2ccccc2n(CC(=O)Nc2cc(Cl)cc(Cl)c2)c1=O. The third kappa shape index (κ3) is 3.45. The zero-order valence-corrected chi connectivity index (χ0v) is 14.6. The summed E-state index contributed by atoms with van der Waals surface area (Å²) >= 11 is 11.8. The van der Waals surface area contributed by atoms with Crippen LogP contribution in [0.2, 0.25) is 10.0 Å². The summed E-state index contributed by atoms with van der Waals surface area (Å²) < 4.78 is 2.23. The van der Waals surface area contributed by atoms with E-state index < -0.39 is 17.2 Å². The van der Waals surface area contributed by atoms with Gasteiger partial charge in [-0.1, -0.05) is 35.3 Å². The quantitative estimate of drug-likeness (QED) is 0.762. The summed E-state index contributed by atoms with van der Waals surface area (Å²) in [4.78, 5) is 36.9. The van der Waals surface area contributed by atoms with Crippen LogP contribution in [0.1, 0.15) is 0 Å². The maximum Gasteiger partial charge on any atom is 0.331 e. The predicted octanol–water partition coefficient (Wildman–Crippen LogP) is 2.65. The van der Waals surface area contributed by atoms with Crippen molar-refractivity contribution in [2.24, 2.45) is 7.05 Å². The molecule has 2 aromatic carbocycles. The standard InChI is InChI=1S/C17H13Cl2N3O3/c1-21-16(24)13-4-2-3-5-14(13)22(17(21)25)9-15(23)20-12-7-10(18)6-11(19)8-12/h2-8H,9H2,1H3,(H,20,23). The van der Waals surface area contributed by atoms with Gasteiger partial charge < -0.3 is 5.32 Å². The number of hydrogen-bond acceptors (Lipinski definition) is 3. The molecule has 0 saturated heterocycles. The molecule has 0 bridgehead atoms. The topological polar surface area (TPSA) is 73.1 Å². The Balaban J connectivity index is 1.99. The van der Waals surface area contributed by atoms with Crippen molar-refractivity contribution in [2.45, 2.75) is 6.54 Å². The van der Waals surface area contributed by atoms with E-state index in [1.54, 1.807) is 42.5 Å². The highest BCUT2D eigenvalue weighted by molar-refractivity contribution is 6.35. The number of halogens is 2. The molecular weight excluding hydrogens is 365 g/mol. The molecule has 0 aliphatic carbocycles. The van der Waals surface area contributed by atoms with Crippen molar-refractivity contribution in [3.63, 3.8) is 0 Å². The van der Waals surface area contributed by atoms with E-state index in [2.05, 4.69) is 5.32 Å². The predicted molar refractivity (Wildman–Crippen MR) is 98.5 cm³/mol. The van der Waals surface area contributed by atoms with Crippen LogP contribution in [-0.4, -0.2) is 15.0 Å². The second-order valence-corrected chi connectivity index (χ2v) is 6.33. The molecule has 0 atom stereocenters. The highest BCUT2D eigenvalue weighted by atomic mass is 35.5. The van der Waals surface area contributed by atoms with Gasteiger partial charge >= 0.3 is 5.69 Å². The number of benzene rings is 2. The smallest absolute Gasteiger partial charge is 0.324 e. The fourth-order valence-corrected chi connectivity index (χ4v) is 3.09. The summed E-state index contributed by atoms with van der Waals surface area (Å²) in [6.07, 6.45) is 0. The lowest BCUT2D eigenvalue weighted by molar-refractivity contribution is -0.116. The second kappa shape index (κ2) is 6.74. The molecule has 0 spiro atoms. The van der Waals surface area contributed by atoms with Crippen LogP contribution >= 0.6 is 23.2 Å². The normalized spacial score (nSPS) is 10.8. The molecule has 0 radical (unpaired) electrons. The first-order chi connectivity index (χ1) is 11.9. The Morgan fingerprint density at radius 1 is 1.08 bits per heavy atom. The second-order valence-electron chi connectivity index (χ2n) is 5.46. The van der Waals surface area contributed by atoms with Crippen molar-refractivity contribution in [1.29, 1.82) is 0 Å². The number of hydrogen-bond donors (Lipinski definition) is 1. The van der Waals surface area contributed by atoms with E-state index in [9.17, 15) is 14.4 Å². The molecule has 1 N–H and O–H groups in total. The molecule has 0 saturated carbocycles. The van der Waals surface area contributed by atoms with E-state index in [1.165, 1.54) is 11.6 Å². The number of fused-ring (bicyclic) bond motifs is 1. The molecule has 0 aliphatic heterocycles. The number of para-hydroxylation sites is 1. The van der Waals surface area contributed by atoms with Crippen molar-refractivity contribution < 1.29 is 4.79 Å². The molecule has 0 unspecified atom stereocenters. The average molecular weight is 378 g/mol. The molecule has 0 aliphatic rings. The lowest BCUT2D eigenvalue weighted by Crippen LogP contribution is -2.40. The number of anilines is 1. The van der Waals surface area contributed by atoms with E-state index in [1.807, 2.05) is 0 Å². The van der Waals surface area contributed by atoms with Gasteiger partial charge in [0.25, 0.3) is 5.56 Å². The Hall–Kier alpha value is -2.57. The molecule has 128 valence electrons. The molecule has 8 heteroatoms. The van der Waals surface area contributed by atoms with Crippen molar-refractivity contribution in [3.8, 4) is 0 Å². The van der Waals surface area contributed by atoms with Gasteiger partial charge in [-0.15, -0.1) is 0 Å². The molecule has 0 fully saturated rings. The van der Waals surface area contributed by atoms with Gasteiger partial charge in [0.05, 0.1) is 10.9 Å². The Labute approximate surface area is 152 Å². The summed E-state index contributed by atoms with van der Waals surface area (Å²) in [5, 5.41) is 3.77. The fourth-order valence-electron chi connectivity index (χ4n) is 2.56. The molecule has 6 nitrogen and oxygen atoms in total. The largest absolute Gasteiger partial charge is 0.331 e. The Kier molecular flexibility index (Phi) is 4.65. The number of amides is 1. The lowest BCUT2D eigenvalue weighted by Gasteiger charge is -2.12. The van der Waals surface area contributed by atoms with Gasteiger partial charge in [0.1, 0.15) is 6.54 Å². The summed E-state index contributed by atoms with van der Waals surface area (Å²) in [6, 6.07) is 11.3. The summed E-state index contributed by atoms with van der Waals surface area (Å²) in [6.45, 7) is -0.252. The van der Waals surface area contributed by atoms with E-state index in [0.717, 1.165) is 4.57 Å². The van der Waals surface area contributed by atoms with Gasteiger partial charge in [0, 0.05) is 22.8 Å². The van der Waals surface area contributed by atoms with Gasteiger partial charge in [-0.05, 0) is 30.3 Å². The number of carbonyl (C=O) groups excluding carboxylic acids is 1. The first-order valence-corrected chi connectivity index (χ1v) is 8.07. The fraction of sp³-hybridized carbons (Fsp3) is 0.118. The zero-order chi connectivity index (χ0) is 18.1. The number of rotatable bonds is 3. The van der Waals surface area contributed by atoms with Crippen LogP contribution in [0.5, 0.6) is 0 Å². The summed E-state index contributed by atoms with van der Waals surface area (Å²) in [5.41, 5.74) is -0.151. The number of aromatic nitrogens is 2. The van der Waals surface area contributed by atoms with Crippen molar-refractivity contribution in [2.75, 3.05) is 5.32 Å². The van der Waals surface area contributed by atoms with Crippen LogP contribution in [0.25, 0.3) is 10.9 Å². The van der Waals surface area contributed by atoms with E-state index in [0.29, 0.717) is 26.6 Å². The van der Waals surface area contributed by atoms with E-state index in [4.69, 9.17) is 23.2 Å². The zero-order valence-electron chi connectivity index (χ0n) is 13.1. The molecule has 25 heavy (non-hydrogen) atoms. The third-order valence-corrected chi connectivity index (χ3v) is 4.13. The maximum absolute atomic E-state index is 12.4. The number of nitrogens with zero attached hydrogens (tertiary/aromatic N) is 2. The highest BCUT2D eigenvalue weighted by Gasteiger charge is 2.13. The average Bonchev–Trinajstić information content (AvgIpc) is 2.56. The van der Waals surface area contributed by atoms with Crippen molar-refractivity contribution in [1.82, 2.24) is 9.13 Å². The van der Waals surface area contributed by atoms with Gasteiger partial charge in [-0.25, -0.2) is 4.79 Å². The number of carbonyl (C=O) groups is 1. The van der Waals surface area contributed by atoms with Crippen molar-refractivity contribution >= 4 is 45.7 Å². The van der Waals surface area contributed by atoms with Gasteiger partial charge in [0.2, 0.25) is 5.91 Å². The van der Waals surface area contributed by atoms with Gasteiger partial charge in [-0.3, -0.25) is 18.7 Å². The minimum atomic E-state index is -0.567. The van der Waals surface area contributed by atoms with Crippen LogP contribution in [0, 0.1) is 0 Å². The van der Waals surface area contributed by atoms with E-state index >= 15 is 0 Å². The van der Waals surface area contributed by atoms with E-state index in [-0.39, 0.29) is 6.54 Å². The minimum Gasteiger partial charge on any atom is -0.324 e. The number of nitrogens with one attached hydrogen (secondary N) is 1. The Morgan fingerprint density at radius 2 is 1.72 bits per heavy atom. The van der Waals surface area contributed by atoms with Gasteiger partial charge in [0.15, 0.2) is 0 Å². The van der Waals surface area contributed by atoms with Crippen LogP contribution in [0.4, 0.5) is 5.69 Å². The molecule has 3 aromatic rings. The van der Waals surface area contributed by atoms with Gasteiger partial charge in [-0.2, -0.15) is 0 Å². The maximum atomic E-state index is 12.4. The Morgan fingerprint density at radius 3 is 2.40 bits per heavy atom. The van der Waals surface area contributed by atoms with Crippen LogP contribution in [0.3, 0.4) is 0 Å². The molecule has 3 rings (SSSR count). The molecular formula is C17H13Cl2N3O3. The molecule has 1 heterocycles. The van der Waals surface area contributed by atoms with Crippen LogP contribution < -0.4 is 16.6 Å². The van der Waals surface area contributed by atoms with Crippen LogP contribution in [-0.2, 0) is 18.4 Å². The minimum absolute atomic E-state index is 0.252. The van der Waals surface area contributed by atoms with Crippen molar-refractivity contribution in [3.05, 3.63) is 73.3 Å². The summed E-state index contributed by atoms with van der Waals surface area (Å²) in [7, 11) is 1.38. The monoisotopic (exact) mass is 377 g/mol.